The number of rotatable bonds is 5. The molecule has 2 unspecified atom stereocenters. The maximum atomic E-state index is 11.8. The van der Waals surface area contributed by atoms with Crippen molar-refractivity contribution in [1.82, 2.24) is 0 Å². The molecule has 1 aliphatic rings. The van der Waals surface area contributed by atoms with Crippen molar-refractivity contribution in [3.63, 3.8) is 0 Å². The summed E-state index contributed by atoms with van der Waals surface area (Å²) in [6.07, 6.45) is 5.61. The van der Waals surface area contributed by atoms with Crippen LogP contribution >= 0.6 is 0 Å². The average molecular weight is 276 g/mol. The Bertz CT molecular complexity index is 448. The van der Waals surface area contributed by atoms with Gasteiger partial charge in [0.05, 0.1) is 19.1 Å². The lowest BCUT2D eigenvalue weighted by Gasteiger charge is -2.28. The summed E-state index contributed by atoms with van der Waals surface area (Å²) in [6, 6.07) is 7.20. The largest absolute Gasteiger partial charge is 0.399 e. The number of amides is 1. The molecule has 0 aromatic heterocycles. The number of carbonyl (C=O) groups excluding carboxylic acids is 1. The van der Waals surface area contributed by atoms with E-state index in [0.29, 0.717) is 30.7 Å². The molecule has 1 amide bonds. The molecule has 1 saturated carbocycles. The van der Waals surface area contributed by atoms with Gasteiger partial charge in [0.15, 0.2) is 0 Å². The Balaban J connectivity index is 1.70. The smallest absolute Gasteiger partial charge is 0.226 e. The van der Waals surface area contributed by atoms with Crippen LogP contribution in [0.1, 0.15) is 39.0 Å². The SMILES string of the molecule is CC1CCCCC1OCCC(=O)Nc1cccc(N)c1. The van der Waals surface area contributed by atoms with Gasteiger partial charge in [-0.1, -0.05) is 25.8 Å². The fourth-order valence-corrected chi connectivity index (χ4v) is 2.67. The minimum Gasteiger partial charge on any atom is -0.399 e. The van der Waals surface area contributed by atoms with Crippen LogP contribution in [0.2, 0.25) is 0 Å². The number of ether oxygens (including phenoxy) is 1. The molecular formula is C16H24N2O2. The van der Waals surface area contributed by atoms with Crippen molar-refractivity contribution < 1.29 is 9.53 Å². The molecule has 2 atom stereocenters. The van der Waals surface area contributed by atoms with E-state index >= 15 is 0 Å². The van der Waals surface area contributed by atoms with E-state index in [-0.39, 0.29) is 5.91 Å². The van der Waals surface area contributed by atoms with Gasteiger partial charge in [-0.3, -0.25) is 4.79 Å². The summed E-state index contributed by atoms with van der Waals surface area (Å²) >= 11 is 0. The normalized spacial score (nSPS) is 22.4. The second-order valence-corrected chi connectivity index (χ2v) is 5.59. The first-order valence-corrected chi connectivity index (χ1v) is 7.42. The number of nitrogens with two attached hydrogens (primary N) is 1. The highest BCUT2D eigenvalue weighted by Gasteiger charge is 2.21. The average Bonchev–Trinajstić information content (AvgIpc) is 2.41. The number of nitrogen functional groups attached to an aromatic ring is 1. The van der Waals surface area contributed by atoms with Gasteiger partial charge in [0.1, 0.15) is 0 Å². The monoisotopic (exact) mass is 276 g/mol. The molecule has 1 aliphatic carbocycles. The highest BCUT2D eigenvalue weighted by molar-refractivity contribution is 5.91. The fraction of sp³-hybridized carbons (Fsp3) is 0.562. The summed E-state index contributed by atoms with van der Waals surface area (Å²) in [5, 5.41) is 2.83. The van der Waals surface area contributed by atoms with Crippen molar-refractivity contribution >= 4 is 17.3 Å². The molecule has 4 nitrogen and oxygen atoms in total. The molecule has 1 aromatic rings. The summed E-state index contributed by atoms with van der Waals surface area (Å²) in [5.41, 5.74) is 7.06. The molecule has 2 rings (SSSR count). The van der Waals surface area contributed by atoms with Gasteiger partial charge >= 0.3 is 0 Å². The third-order valence-electron chi connectivity index (χ3n) is 3.86. The molecule has 0 bridgehead atoms. The maximum Gasteiger partial charge on any atom is 0.226 e. The third kappa shape index (κ3) is 4.53. The van der Waals surface area contributed by atoms with Crippen LogP contribution in [-0.4, -0.2) is 18.6 Å². The quantitative estimate of drug-likeness (QED) is 0.812. The van der Waals surface area contributed by atoms with Crippen molar-refractivity contribution in [3.05, 3.63) is 24.3 Å². The Hall–Kier alpha value is -1.55. The van der Waals surface area contributed by atoms with E-state index in [1.54, 1.807) is 12.1 Å². The van der Waals surface area contributed by atoms with Crippen LogP contribution in [-0.2, 0) is 9.53 Å². The van der Waals surface area contributed by atoms with Crippen LogP contribution in [0.25, 0.3) is 0 Å². The van der Waals surface area contributed by atoms with Gasteiger partial charge in [-0.25, -0.2) is 0 Å². The van der Waals surface area contributed by atoms with Crippen LogP contribution in [0.4, 0.5) is 11.4 Å². The molecule has 3 N–H and O–H groups in total. The second-order valence-electron chi connectivity index (χ2n) is 5.59. The highest BCUT2D eigenvalue weighted by atomic mass is 16.5. The lowest BCUT2D eigenvalue weighted by Crippen LogP contribution is -2.27. The van der Waals surface area contributed by atoms with Gasteiger partial charge < -0.3 is 15.8 Å². The van der Waals surface area contributed by atoms with E-state index in [2.05, 4.69) is 12.2 Å². The third-order valence-corrected chi connectivity index (χ3v) is 3.86. The lowest BCUT2D eigenvalue weighted by molar-refractivity contribution is -0.118. The van der Waals surface area contributed by atoms with Crippen molar-refractivity contribution in [3.8, 4) is 0 Å². The van der Waals surface area contributed by atoms with Gasteiger partial charge in [0.2, 0.25) is 5.91 Å². The van der Waals surface area contributed by atoms with Crippen molar-refractivity contribution in [2.45, 2.75) is 45.1 Å². The molecule has 20 heavy (non-hydrogen) atoms. The molecule has 0 heterocycles. The minimum atomic E-state index is -0.0286. The Morgan fingerprint density at radius 2 is 2.20 bits per heavy atom. The summed E-state index contributed by atoms with van der Waals surface area (Å²) in [5.74, 6) is 0.583. The molecule has 4 heteroatoms. The number of nitrogens with one attached hydrogen (secondary N) is 1. The highest BCUT2D eigenvalue weighted by Crippen LogP contribution is 2.26. The Labute approximate surface area is 120 Å². The number of benzene rings is 1. The summed E-state index contributed by atoms with van der Waals surface area (Å²) in [4.78, 5) is 11.8. The van der Waals surface area contributed by atoms with Crippen LogP contribution in [0.5, 0.6) is 0 Å². The van der Waals surface area contributed by atoms with E-state index in [1.165, 1.54) is 19.3 Å². The summed E-state index contributed by atoms with van der Waals surface area (Å²) in [7, 11) is 0. The molecule has 0 aliphatic heterocycles. The zero-order chi connectivity index (χ0) is 14.4. The molecule has 0 saturated heterocycles. The minimum absolute atomic E-state index is 0.0286. The van der Waals surface area contributed by atoms with Crippen molar-refractivity contribution in [2.75, 3.05) is 17.7 Å². The predicted molar refractivity (Wildman–Crippen MR) is 81.5 cm³/mol. The Kier molecular flexibility index (Phi) is 5.41. The second kappa shape index (κ2) is 7.29. The van der Waals surface area contributed by atoms with Crippen molar-refractivity contribution in [2.24, 2.45) is 5.92 Å². The molecular weight excluding hydrogens is 252 g/mol. The van der Waals surface area contributed by atoms with Crippen LogP contribution in [0, 0.1) is 5.92 Å². The van der Waals surface area contributed by atoms with Gasteiger partial charge in [0, 0.05) is 11.4 Å². The Morgan fingerprint density at radius 3 is 2.95 bits per heavy atom. The van der Waals surface area contributed by atoms with Gasteiger partial charge in [-0.15, -0.1) is 0 Å². The first-order valence-electron chi connectivity index (χ1n) is 7.42. The van der Waals surface area contributed by atoms with E-state index in [1.807, 2.05) is 12.1 Å². The zero-order valence-corrected chi connectivity index (χ0v) is 12.1. The van der Waals surface area contributed by atoms with Gasteiger partial charge in [-0.2, -0.15) is 0 Å². The maximum absolute atomic E-state index is 11.8. The molecule has 1 fully saturated rings. The topological polar surface area (TPSA) is 64.3 Å². The van der Waals surface area contributed by atoms with E-state index in [9.17, 15) is 4.79 Å². The molecule has 0 radical (unpaired) electrons. The zero-order valence-electron chi connectivity index (χ0n) is 12.1. The van der Waals surface area contributed by atoms with Gasteiger partial charge in [0.25, 0.3) is 0 Å². The van der Waals surface area contributed by atoms with Gasteiger partial charge in [-0.05, 0) is 37.0 Å². The first-order chi connectivity index (χ1) is 9.65. The Morgan fingerprint density at radius 1 is 1.40 bits per heavy atom. The number of hydrogen-bond acceptors (Lipinski definition) is 3. The van der Waals surface area contributed by atoms with Crippen LogP contribution in [0.15, 0.2) is 24.3 Å². The number of carbonyl (C=O) groups is 1. The molecule has 110 valence electrons. The van der Waals surface area contributed by atoms with E-state index in [4.69, 9.17) is 10.5 Å². The van der Waals surface area contributed by atoms with Crippen LogP contribution < -0.4 is 11.1 Å². The van der Waals surface area contributed by atoms with E-state index in [0.717, 1.165) is 12.1 Å². The van der Waals surface area contributed by atoms with Crippen molar-refractivity contribution in [1.29, 1.82) is 0 Å². The fourth-order valence-electron chi connectivity index (χ4n) is 2.67. The summed E-state index contributed by atoms with van der Waals surface area (Å²) in [6.45, 7) is 2.72. The first kappa shape index (κ1) is 14.9. The standard InChI is InChI=1S/C16H24N2O2/c1-12-5-2-3-8-15(12)20-10-9-16(19)18-14-7-4-6-13(17)11-14/h4,6-7,11-12,15H,2-3,5,8-10,17H2,1H3,(H,18,19). The van der Waals surface area contributed by atoms with Crippen LogP contribution in [0.3, 0.4) is 0 Å². The predicted octanol–water partition coefficient (Wildman–Crippen LogP) is 3.19. The molecule has 0 spiro atoms. The molecule has 1 aromatic carbocycles. The van der Waals surface area contributed by atoms with E-state index < -0.39 is 0 Å². The number of hydrogen-bond donors (Lipinski definition) is 2. The lowest BCUT2D eigenvalue weighted by atomic mass is 9.88. The summed E-state index contributed by atoms with van der Waals surface area (Å²) < 4.78 is 5.84. The number of anilines is 2.